The molecule has 3 nitrogen and oxygen atoms in total. The second kappa shape index (κ2) is 3.67. The maximum Gasteiger partial charge on any atom is 0.155 e. The molecule has 0 bridgehead atoms. The monoisotopic (exact) mass is 211 g/mol. The summed E-state index contributed by atoms with van der Waals surface area (Å²) >= 11 is 0. The van der Waals surface area contributed by atoms with Gasteiger partial charge in [-0.15, -0.1) is 16.8 Å². The zero-order valence-electron chi connectivity index (χ0n) is 9.11. The fourth-order valence-corrected chi connectivity index (χ4v) is 2.26. The fourth-order valence-electron chi connectivity index (χ4n) is 2.26. The summed E-state index contributed by atoms with van der Waals surface area (Å²) in [4.78, 5) is 4.50. The highest BCUT2D eigenvalue weighted by atomic mass is 15.1. The van der Waals surface area contributed by atoms with E-state index >= 15 is 0 Å². The van der Waals surface area contributed by atoms with Crippen LogP contribution < -0.4 is 0 Å². The van der Waals surface area contributed by atoms with Gasteiger partial charge in [0.25, 0.3) is 0 Å². The van der Waals surface area contributed by atoms with Crippen molar-refractivity contribution in [1.82, 2.24) is 15.2 Å². The predicted molar refractivity (Wildman–Crippen MR) is 63.3 cm³/mol. The molecule has 1 aromatic carbocycles. The average Bonchev–Trinajstić information content (AvgIpc) is 2.73. The van der Waals surface area contributed by atoms with Crippen molar-refractivity contribution in [1.29, 1.82) is 0 Å². The Hall–Kier alpha value is -1.77. The van der Waals surface area contributed by atoms with Crippen LogP contribution in [0.15, 0.2) is 24.8 Å². The molecule has 0 saturated heterocycles. The molecule has 80 valence electrons. The summed E-state index contributed by atoms with van der Waals surface area (Å²) in [6.45, 7) is 3.69. The molecule has 0 saturated carbocycles. The van der Waals surface area contributed by atoms with Crippen LogP contribution >= 0.6 is 0 Å². The summed E-state index contributed by atoms with van der Waals surface area (Å²) in [6, 6.07) is 4.30. The maximum absolute atomic E-state index is 4.50. The first-order valence-corrected chi connectivity index (χ1v) is 5.63. The summed E-state index contributed by atoms with van der Waals surface area (Å²) in [5, 5.41) is 8.31. The van der Waals surface area contributed by atoms with Gasteiger partial charge in [0.05, 0.1) is 5.52 Å². The first-order chi connectivity index (χ1) is 7.86. The zero-order valence-corrected chi connectivity index (χ0v) is 9.11. The summed E-state index contributed by atoms with van der Waals surface area (Å²) in [5.41, 5.74) is 4.72. The molecule has 16 heavy (non-hydrogen) atoms. The summed E-state index contributed by atoms with van der Waals surface area (Å²) in [7, 11) is 0. The normalized spacial score (nSPS) is 14.0. The molecule has 1 aromatic heterocycles. The highest BCUT2D eigenvalue weighted by Crippen LogP contribution is 2.25. The van der Waals surface area contributed by atoms with Gasteiger partial charge in [-0.2, -0.15) is 0 Å². The van der Waals surface area contributed by atoms with Crippen LogP contribution in [0.2, 0.25) is 0 Å². The maximum atomic E-state index is 4.50. The third-order valence-electron chi connectivity index (χ3n) is 3.04. The van der Waals surface area contributed by atoms with E-state index in [9.17, 15) is 0 Å². The Balaban J connectivity index is 2.16. The Morgan fingerprint density at radius 2 is 1.88 bits per heavy atom. The Morgan fingerprint density at radius 1 is 1.12 bits per heavy atom. The van der Waals surface area contributed by atoms with Crippen molar-refractivity contribution < 1.29 is 0 Å². The smallest absolute Gasteiger partial charge is 0.155 e. The second-order valence-corrected chi connectivity index (χ2v) is 4.18. The SMILES string of the molecule is C=CCc1nnc2cc3c(cc2n1)CCC3. The fraction of sp³-hybridized carbons (Fsp3) is 0.308. The molecular formula is C13H13N3. The van der Waals surface area contributed by atoms with Crippen molar-refractivity contribution in [2.24, 2.45) is 0 Å². The predicted octanol–water partition coefficient (Wildman–Crippen LogP) is 2.24. The number of rotatable bonds is 2. The van der Waals surface area contributed by atoms with E-state index in [2.05, 4.69) is 33.9 Å². The highest BCUT2D eigenvalue weighted by Gasteiger charge is 2.13. The van der Waals surface area contributed by atoms with E-state index in [-0.39, 0.29) is 0 Å². The number of nitrogens with zero attached hydrogens (tertiary/aromatic N) is 3. The average molecular weight is 211 g/mol. The van der Waals surface area contributed by atoms with E-state index in [0.717, 1.165) is 16.9 Å². The first-order valence-electron chi connectivity index (χ1n) is 5.63. The molecule has 1 heterocycles. The molecule has 0 spiro atoms. The van der Waals surface area contributed by atoms with Crippen LogP contribution in [-0.4, -0.2) is 15.2 Å². The Kier molecular flexibility index (Phi) is 2.17. The number of hydrogen-bond donors (Lipinski definition) is 0. The van der Waals surface area contributed by atoms with Crippen molar-refractivity contribution in [3.63, 3.8) is 0 Å². The molecule has 1 aliphatic rings. The van der Waals surface area contributed by atoms with Gasteiger partial charge in [-0.25, -0.2) is 4.98 Å². The number of allylic oxidation sites excluding steroid dienone is 1. The Bertz CT molecular complexity index is 560. The van der Waals surface area contributed by atoms with Crippen molar-refractivity contribution in [2.75, 3.05) is 0 Å². The van der Waals surface area contributed by atoms with E-state index in [0.29, 0.717) is 6.42 Å². The minimum Gasteiger partial charge on any atom is -0.229 e. The number of aromatic nitrogens is 3. The second-order valence-electron chi connectivity index (χ2n) is 4.18. The molecule has 1 aliphatic carbocycles. The van der Waals surface area contributed by atoms with Crippen molar-refractivity contribution in [3.8, 4) is 0 Å². The zero-order chi connectivity index (χ0) is 11.0. The first kappa shape index (κ1) is 9.46. The molecule has 0 radical (unpaired) electrons. The van der Waals surface area contributed by atoms with Gasteiger partial charge in [0.15, 0.2) is 5.82 Å². The minimum absolute atomic E-state index is 0.681. The lowest BCUT2D eigenvalue weighted by molar-refractivity contribution is 0.911. The summed E-state index contributed by atoms with van der Waals surface area (Å²) in [6.07, 6.45) is 6.07. The van der Waals surface area contributed by atoms with E-state index in [1.165, 1.54) is 30.4 Å². The molecule has 3 heteroatoms. The van der Waals surface area contributed by atoms with E-state index < -0.39 is 0 Å². The molecule has 0 amide bonds. The number of fused-ring (bicyclic) bond motifs is 2. The largest absolute Gasteiger partial charge is 0.229 e. The van der Waals surface area contributed by atoms with Crippen molar-refractivity contribution >= 4 is 11.0 Å². The topological polar surface area (TPSA) is 38.7 Å². The molecular weight excluding hydrogens is 198 g/mol. The molecule has 0 atom stereocenters. The van der Waals surface area contributed by atoms with E-state index in [1.807, 2.05) is 0 Å². The third kappa shape index (κ3) is 1.48. The van der Waals surface area contributed by atoms with Crippen LogP contribution in [0.4, 0.5) is 0 Å². The minimum atomic E-state index is 0.681. The molecule has 0 unspecified atom stereocenters. The van der Waals surface area contributed by atoms with Crippen molar-refractivity contribution in [3.05, 3.63) is 41.7 Å². The van der Waals surface area contributed by atoms with Gasteiger partial charge in [0.2, 0.25) is 0 Å². The van der Waals surface area contributed by atoms with Gasteiger partial charge in [-0.05, 0) is 42.5 Å². The Morgan fingerprint density at radius 3 is 2.62 bits per heavy atom. The van der Waals surface area contributed by atoms with Crippen LogP contribution in [-0.2, 0) is 19.3 Å². The standard InChI is InChI=1S/C13H13N3/c1-2-4-13-14-11-7-9-5-3-6-10(9)8-12(11)15-16-13/h2,7-8H,1,3-6H2. The third-order valence-corrected chi connectivity index (χ3v) is 3.04. The highest BCUT2D eigenvalue weighted by molar-refractivity contribution is 5.76. The molecule has 0 fully saturated rings. The number of hydrogen-bond acceptors (Lipinski definition) is 3. The van der Waals surface area contributed by atoms with E-state index in [4.69, 9.17) is 0 Å². The van der Waals surface area contributed by atoms with Crippen LogP contribution in [0.5, 0.6) is 0 Å². The summed E-state index contributed by atoms with van der Waals surface area (Å²) < 4.78 is 0. The van der Waals surface area contributed by atoms with Gasteiger partial charge < -0.3 is 0 Å². The van der Waals surface area contributed by atoms with Crippen LogP contribution in [0, 0.1) is 0 Å². The van der Waals surface area contributed by atoms with Crippen molar-refractivity contribution in [2.45, 2.75) is 25.7 Å². The Labute approximate surface area is 94.2 Å². The van der Waals surface area contributed by atoms with Crippen LogP contribution in [0.25, 0.3) is 11.0 Å². The lowest BCUT2D eigenvalue weighted by Gasteiger charge is -2.02. The summed E-state index contributed by atoms with van der Waals surface area (Å²) in [5.74, 6) is 0.750. The van der Waals surface area contributed by atoms with Gasteiger partial charge in [0, 0.05) is 6.42 Å². The van der Waals surface area contributed by atoms with Gasteiger partial charge in [0.1, 0.15) is 5.52 Å². The lowest BCUT2D eigenvalue weighted by Crippen LogP contribution is -1.98. The molecule has 3 rings (SSSR count). The van der Waals surface area contributed by atoms with Crippen LogP contribution in [0.3, 0.4) is 0 Å². The van der Waals surface area contributed by atoms with Gasteiger partial charge in [-0.1, -0.05) is 6.08 Å². The lowest BCUT2D eigenvalue weighted by atomic mass is 10.1. The molecule has 0 N–H and O–H groups in total. The number of aryl methyl sites for hydroxylation is 2. The van der Waals surface area contributed by atoms with Crippen LogP contribution in [0.1, 0.15) is 23.4 Å². The van der Waals surface area contributed by atoms with Gasteiger partial charge >= 0.3 is 0 Å². The van der Waals surface area contributed by atoms with Gasteiger partial charge in [-0.3, -0.25) is 0 Å². The molecule has 2 aromatic rings. The number of benzene rings is 1. The van der Waals surface area contributed by atoms with E-state index in [1.54, 1.807) is 6.08 Å². The quantitative estimate of drug-likeness (QED) is 0.715. The molecule has 0 aliphatic heterocycles.